The highest BCUT2D eigenvalue weighted by atomic mass is 35.5. The SMILES string of the molecule is COc1cc(Nc2c(C#N)cnc3cc(OCCCN4CCN(C)CC4)c(C(C)C)cc23)c(Cl)cc1Cl. The van der Waals surface area contributed by atoms with Gasteiger partial charge in [-0.25, -0.2) is 0 Å². The van der Waals surface area contributed by atoms with Gasteiger partial charge in [0.15, 0.2) is 0 Å². The van der Waals surface area contributed by atoms with Gasteiger partial charge in [0.25, 0.3) is 0 Å². The van der Waals surface area contributed by atoms with Crippen LogP contribution in [0.25, 0.3) is 10.9 Å². The molecule has 0 bridgehead atoms. The third-order valence-corrected chi connectivity index (χ3v) is 7.32. The number of nitrogens with one attached hydrogen (secondary N) is 1. The third-order valence-electron chi connectivity index (χ3n) is 6.72. The van der Waals surface area contributed by atoms with Crippen LogP contribution in [0.4, 0.5) is 11.4 Å². The summed E-state index contributed by atoms with van der Waals surface area (Å²) in [5.41, 5.74) is 3.42. The molecule has 1 aliphatic rings. The molecule has 4 rings (SSSR count). The lowest BCUT2D eigenvalue weighted by Crippen LogP contribution is -2.44. The molecule has 0 saturated carbocycles. The standard InChI is InChI=1S/C28H33Cl2N5O2/c1-18(2)20-12-21-24(14-26(20)37-11-5-6-35-9-7-34(3)8-10-35)32-17-19(16-31)28(21)33-25-15-27(36-4)23(30)13-22(25)29/h12-15,17-18H,5-11H2,1-4H3,(H,32,33). The number of nitriles is 1. The third kappa shape index (κ3) is 6.39. The number of aromatic nitrogens is 1. The number of rotatable bonds is 9. The Hall–Kier alpha value is -2.76. The number of benzene rings is 2. The number of hydrogen-bond acceptors (Lipinski definition) is 7. The van der Waals surface area contributed by atoms with Crippen molar-refractivity contribution in [1.29, 1.82) is 5.26 Å². The fourth-order valence-electron chi connectivity index (χ4n) is 4.49. The van der Waals surface area contributed by atoms with Gasteiger partial charge in [0.05, 0.1) is 46.2 Å². The molecule has 196 valence electrons. The van der Waals surface area contributed by atoms with Crippen LogP contribution in [0.3, 0.4) is 0 Å². The Morgan fingerprint density at radius 2 is 1.84 bits per heavy atom. The normalized spacial score (nSPS) is 14.6. The van der Waals surface area contributed by atoms with Crippen molar-refractivity contribution in [2.24, 2.45) is 0 Å². The van der Waals surface area contributed by atoms with Gasteiger partial charge in [0.2, 0.25) is 0 Å². The molecule has 7 nitrogen and oxygen atoms in total. The first kappa shape index (κ1) is 27.3. The van der Waals surface area contributed by atoms with Crippen LogP contribution < -0.4 is 14.8 Å². The van der Waals surface area contributed by atoms with E-state index in [2.05, 4.69) is 53.1 Å². The van der Waals surface area contributed by atoms with E-state index in [1.54, 1.807) is 25.4 Å². The molecule has 1 fully saturated rings. The van der Waals surface area contributed by atoms with E-state index in [1.807, 2.05) is 6.07 Å². The van der Waals surface area contributed by atoms with Crippen LogP contribution in [-0.4, -0.2) is 68.3 Å². The average molecular weight is 543 g/mol. The maximum Gasteiger partial charge on any atom is 0.139 e. The molecule has 1 N–H and O–H groups in total. The number of methoxy groups -OCH3 is 1. The summed E-state index contributed by atoms with van der Waals surface area (Å²) in [6.07, 6.45) is 2.53. The highest BCUT2D eigenvalue weighted by molar-refractivity contribution is 6.37. The number of pyridine rings is 1. The minimum absolute atomic E-state index is 0.217. The van der Waals surface area contributed by atoms with E-state index < -0.39 is 0 Å². The maximum atomic E-state index is 9.83. The number of ether oxygens (including phenoxy) is 2. The van der Waals surface area contributed by atoms with Gasteiger partial charge in [-0.2, -0.15) is 5.26 Å². The lowest BCUT2D eigenvalue weighted by atomic mass is 9.98. The Labute approximate surface area is 228 Å². The zero-order valence-corrected chi connectivity index (χ0v) is 23.3. The molecule has 0 radical (unpaired) electrons. The summed E-state index contributed by atoms with van der Waals surface area (Å²) in [6.45, 7) is 10.4. The van der Waals surface area contributed by atoms with Crippen LogP contribution in [0.2, 0.25) is 10.0 Å². The number of nitrogens with zero attached hydrogens (tertiary/aromatic N) is 4. The summed E-state index contributed by atoms with van der Waals surface area (Å²) in [5.74, 6) is 1.53. The van der Waals surface area contributed by atoms with Gasteiger partial charge in [-0.05, 0) is 37.1 Å². The molecular formula is C28H33Cl2N5O2. The van der Waals surface area contributed by atoms with Gasteiger partial charge < -0.3 is 24.6 Å². The van der Waals surface area contributed by atoms with Crippen LogP contribution in [0.1, 0.15) is 37.3 Å². The molecule has 1 saturated heterocycles. The minimum atomic E-state index is 0.217. The van der Waals surface area contributed by atoms with E-state index in [0.29, 0.717) is 39.3 Å². The number of halogens is 2. The summed E-state index contributed by atoms with van der Waals surface area (Å²) in [7, 11) is 3.71. The Balaban J connectivity index is 1.61. The molecule has 2 heterocycles. The minimum Gasteiger partial charge on any atom is -0.495 e. The van der Waals surface area contributed by atoms with Crippen molar-refractivity contribution >= 4 is 45.5 Å². The van der Waals surface area contributed by atoms with Crippen molar-refractivity contribution in [2.75, 3.05) is 58.8 Å². The Kier molecular flexibility index (Phi) is 8.99. The van der Waals surface area contributed by atoms with E-state index in [9.17, 15) is 5.26 Å². The van der Waals surface area contributed by atoms with E-state index in [-0.39, 0.29) is 5.92 Å². The van der Waals surface area contributed by atoms with E-state index >= 15 is 0 Å². The van der Waals surface area contributed by atoms with Crippen LogP contribution in [0.5, 0.6) is 11.5 Å². The second-order valence-corrected chi connectivity index (χ2v) is 10.5. The van der Waals surface area contributed by atoms with Gasteiger partial charge in [-0.3, -0.25) is 4.98 Å². The van der Waals surface area contributed by atoms with Crippen molar-refractivity contribution < 1.29 is 9.47 Å². The molecule has 0 amide bonds. The largest absolute Gasteiger partial charge is 0.495 e. The second-order valence-electron chi connectivity index (χ2n) is 9.66. The summed E-state index contributed by atoms with van der Waals surface area (Å²) in [6, 6.07) is 9.61. The summed E-state index contributed by atoms with van der Waals surface area (Å²) >= 11 is 12.7. The van der Waals surface area contributed by atoms with E-state index in [0.717, 1.165) is 61.4 Å². The number of likely N-dealkylation sites (N-methyl/N-ethyl adjacent to an activating group) is 1. The quantitative estimate of drug-likeness (QED) is 0.318. The molecular weight excluding hydrogens is 509 g/mol. The zero-order chi connectivity index (χ0) is 26.5. The second kappa shape index (κ2) is 12.2. The predicted molar refractivity (Wildman–Crippen MR) is 151 cm³/mol. The fourth-order valence-corrected chi connectivity index (χ4v) is 5.00. The molecule has 0 aliphatic carbocycles. The van der Waals surface area contributed by atoms with Crippen LogP contribution in [0, 0.1) is 11.3 Å². The van der Waals surface area contributed by atoms with Crippen molar-refractivity contribution in [3.63, 3.8) is 0 Å². The molecule has 0 spiro atoms. The lowest BCUT2D eigenvalue weighted by Gasteiger charge is -2.32. The maximum absolute atomic E-state index is 9.83. The molecule has 0 atom stereocenters. The van der Waals surface area contributed by atoms with Crippen LogP contribution in [0.15, 0.2) is 30.5 Å². The molecule has 0 unspecified atom stereocenters. The zero-order valence-electron chi connectivity index (χ0n) is 21.8. The predicted octanol–water partition coefficient (Wildman–Crippen LogP) is 6.31. The van der Waals surface area contributed by atoms with Crippen molar-refractivity contribution in [3.05, 3.63) is 51.6 Å². The molecule has 1 aromatic heterocycles. The van der Waals surface area contributed by atoms with E-state index in [4.69, 9.17) is 32.7 Å². The Morgan fingerprint density at radius 3 is 2.51 bits per heavy atom. The van der Waals surface area contributed by atoms with Crippen molar-refractivity contribution in [2.45, 2.75) is 26.2 Å². The first-order valence-corrected chi connectivity index (χ1v) is 13.3. The van der Waals surface area contributed by atoms with Crippen molar-refractivity contribution in [1.82, 2.24) is 14.8 Å². The van der Waals surface area contributed by atoms with E-state index in [1.165, 1.54) is 0 Å². The number of hydrogen-bond donors (Lipinski definition) is 1. The van der Waals surface area contributed by atoms with Crippen LogP contribution >= 0.6 is 23.2 Å². The first-order valence-electron chi connectivity index (χ1n) is 12.5. The molecule has 3 aromatic rings. The van der Waals surface area contributed by atoms with Crippen LogP contribution in [-0.2, 0) is 0 Å². The topological polar surface area (TPSA) is 73.6 Å². The smallest absolute Gasteiger partial charge is 0.139 e. The fraction of sp³-hybridized carbons (Fsp3) is 0.429. The number of piperazine rings is 1. The highest BCUT2D eigenvalue weighted by Crippen LogP contribution is 2.40. The van der Waals surface area contributed by atoms with Gasteiger partial charge in [0, 0.05) is 56.4 Å². The van der Waals surface area contributed by atoms with Gasteiger partial charge in [-0.15, -0.1) is 0 Å². The monoisotopic (exact) mass is 541 g/mol. The lowest BCUT2D eigenvalue weighted by molar-refractivity contribution is 0.145. The number of anilines is 2. The number of fused-ring (bicyclic) bond motifs is 1. The molecule has 37 heavy (non-hydrogen) atoms. The first-order chi connectivity index (χ1) is 17.8. The van der Waals surface area contributed by atoms with Gasteiger partial charge in [0.1, 0.15) is 17.6 Å². The highest BCUT2D eigenvalue weighted by Gasteiger charge is 2.18. The Bertz CT molecular complexity index is 1300. The summed E-state index contributed by atoms with van der Waals surface area (Å²) in [5, 5.41) is 14.8. The average Bonchev–Trinajstić information content (AvgIpc) is 2.88. The summed E-state index contributed by atoms with van der Waals surface area (Å²) in [4.78, 5) is 9.42. The van der Waals surface area contributed by atoms with Crippen molar-refractivity contribution in [3.8, 4) is 17.6 Å². The molecule has 1 aliphatic heterocycles. The van der Waals surface area contributed by atoms with Gasteiger partial charge >= 0.3 is 0 Å². The summed E-state index contributed by atoms with van der Waals surface area (Å²) < 4.78 is 11.6. The molecule has 9 heteroatoms. The van der Waals surface area contributed by atoms with Gasteiger partial charge in [-0.1, -0.05) is 37.0 Å². The molecule has 2 aromatic carbocycles. The Morgan fingerprint density at radius 1 is 1.08 bits per heavy atom.